The quantitative estimate of drug-likeness (QED) is 0.0696. The summed E-state index contributed by atoms with van der Waals surface area (Å²) in [6, 6.07) is 51.4. The molecule has 1 spiro atoms. The van der Waals surface area contributed by atoms with Gasteiger partial charge in [0.1, 0.15) is 24.4 Å². The van der Waals surface area contributed by atoms with Gasteiger partial charge in [0.25, 0.3) is 0 Å². The number of benzene rings is 5. The first-order valence-corrected chi connectivity index (χ1v) is 20.2. The fourth-order valence-corrected chi connectivity index (χ4v) is 8.36. The second-order valence-corrected chi connectivity index (χ2v) is 15.3. The van der Waals surface area contributed by atoms with E-state index in [0.717, 1.165) is 47.1 Å². The third-order valence-corrected chi connectivity index (χ3v) is 11.4. The highest BCUT2D eigenvalue weighted by molar-refractivity contribution is 5.18. The molecule has 3 unspecified atom stereocenters. The Balaban J connectivity index is 1.27. The normalized spacial score (nSPS) is 21.4. The van der Waals surface area contributed by atoms with Crippen LogP contribution in [-0.2, 0) is 61.5 Å². The van der Waals surface area contributed by atoms with Crippen LogP contribution in [0.4, 0.5) is 0 Å². The average molecular weight is 753 g/mol. The lowest BCUT2D eigenvalue weighted by molar-refractivity contribution is -0.216. The van der Waals surface area contributed by atoms with Gasteiger partial charge in [-0.1, -0.05) is 164 Å². The molecule has 6 heteroatoms. The summed E-state index contributed by atoms with van der Waals surface area (Å²) in [5.74, 6) is 0.407. The van der Waals surface area contributed by atoms with Crippen molar-refractivity contribution in [2.45, 2.75) is 89.2 Å². The van der Waals surface area contributed by atoms with E-state index in [1.807, 2.05) is 78.9 Å². The van der Waals surface area contributed by atoms with Crippen molar-refractivity contribution in [1.82, 2.24) is 0 Å². The molecule has 2 fully saturated rings. The van der Waals surface area contributed by atoms with Gasteiger partial charge in [0.05, 0.1) is 52.4 Å². The molecule has 7 rings (SSSR count). The van der Waals surface area contributed by atoms with Crippen LogP contribution in [-0.4, -0.2) is 43.7 Å². The largest absolute Gasteiger partial charge is 0.375 e. The number of allylic oxidation sites excluding steroid dienone is 1. The van der Waals surface area contributed by atoms with Crippen molar-refractivity contribution in [3.8, 4) is 0 Å². The van der Waals surface area contributed by atoms with Crippen LogP contribution in [0.15, 0.2) is 164 Å². The zero-order valence-electron chi connectivity index (χ0n) is 32.4. The van der Waals surface area contributed by atoms with E-state index in [0.29, 0.717) is 45.6 Å². The van der Waals surface area contributed by atoms with Crippen molar-refractivity contribution in [3.05, 3.63) is 192 Å². The molecule has 7 atom stereocenters. The summed E-state index contributed by atoms with van der Waals surface area (Å²) in [6.45, 7) is 7.16. The van der Waals surface area contributed by atoms with Crippen molar-refractivity contribution in [2.24, 2.45) is 11.3 Å². The van der Waals surface area contributed by atoms with Gasteiger partial charge in [0.15, 0.2) is 0 Å². The first-order chi connectivity index (χ1) is 27.7. The first kappa shape index (κ1) is 39.8. The van der Waals surface area contributed by atoms with Crippen LogP contribution in [0.5, 0.6) is 0 Å². The SMILES string of the molecule is C=CC1CCCC12COC([C@H](OCc1ccccc1)[C@@H](OCc1ccccc1)[C@H](OCc1ccccc1)[C@@H](COCc1ccccc1)OCc1ccccc1)C2. The molecule has 0 bridgehead atoms. The van der Waals surface area contributed by atoms with Gasteiger partial charge in [-0.15, -0.1) is 6.58 Å². The lowest BCUT2D eigenvalue weighted by atomic mass is 9.75. The van der Waals surface area contributed by atoms with Crippen molar-refractivity contribution in [1.29, 1.82) is 0 Å². The molecule has 2 aliphatic rings. The molecule has 0 aromatic heterocycles. The lowest BCUT2D eigenvalue weighted by Crippen LogP contribution is -2.54. The first-order valence-electron chi connectivity index (χ1n) is 20.2. The predicted molar refractivity (Wildman–Crippen MR) is 221 cm³/mol. The molecule has 1 aliphatic carbocycles. The molecule has 0 amide bonds. The summed E-state index contributed by atoms with van der Waals surface area (Å²) in [6.07, 6.45) is 4.01. The molecule has 0 radical (unpaired) electrons. The molecule has 292 valence electrons. The van der Waals surface area contributed by atoms with Gasteiger partial charge in [-0.05, 0) is 53.0 Å². The molecule has 0 N–H and O–H groups in total. The third kappa shape index (κ3) is 10.9. The van der Waals surface area contributed by atoms with Gasteiger partial charge in [0.2, 0.25) is 0 Å². The zero-order chi connectivity index (χ0) is 38.3. The molecule has 1 saturated heterocycles. The molecule has 1 aliphatic heterocycles. The van der Waals surface area contributed by atoms with Crippen molar-refractivity contribution >= 4 is 0 Å². The summed E-state index contributed by atoms with van der Waals surface area (Å²) in [5, 5.41) is 0. The Kier molecular flexibility index (Phi) is 14.7. The third-order valence-electron chi connectivity index (χ3n) is 11.4. The summed E-state index contributed by atoms with van der Waals surface area (Å²) in [5.41, 5.74) is 5.40. The second-order valence-electron chi connectivity index (χ2n) is 15.3. The number of rotatable bonds is 21. The van der Waals surface area contributed by atoms with E-state index in [1.165, 1.54) is 6.42 Å². The van der Waals surface area contributed by atoms with E-state index < -0.39 is 24.4 Å². The summed E-state index contributed by atoms with van der Waals surface area (Å²) < 4.78 is 41.7. The zero-order valence-corrected chi connectivity index (χ0v) is 32.4. The maximum Gasteiger partial charge on any atom is 0.115 e. The molecule has 1 heterocycles. The summed E-state index contributed by atoms with van der Waals surface area (Å²) in [4.78, 5) is 0. The summed E-state index contributed by atoms with van der Waals surface area (Å²) >= 11 is 0. The van der Waals surface area contributed by atoms with E-state index in [9.17, 15) is 0 Å². The topological polar surface area (TPSA) is 55.4 Å². The fraction of sp³-hybridized carbons (Fsp3) is 0.360. The Hall–Kier alpha value is -4.40. The molecule has 5 aromatic rings. The Morgan fingerprint density at radius 1 is 0.571 bits per heavy atom. The highest BCUT2D eigenvalue weighted by atomic mass is 16.6. The van der Waals surface area contributed by atoms with Crippen LogP contribution in [0.3, 0.4) is 0 Å². The maximum absolute atomic E-state index is 7.16. The van der Waals surface area contributed by atoms with Crippen LogP contribution >= 0.6 is 0 Å². The van der Waals surface area contributed by atoms with Crippen LogP contribution in [0, 0.1) is 11.3 Å². The van der Waals surface area contributed by atoms with E-state index in [1.54, 1.807) is 0 Å². The smallest absolute Gasteiger partial charge is 0.115 e. The van der Waals surface area contributed by atoms with Gasteiger partial charge in [-0.3, -0.25) is 0 Å². The number of ether oxygens (including phenoxy) is 6. The monoisotopic (exact) mass is 752 g/mol. The van der Waals surface area contributed by atoms with Gasteiger partial charge in [-0.2, -0.15) is 0 Å². The highest BCUT2D eigenvalue weighted by Crippen LogP contribution is 2.52. The maximum atomic E-state index is 7.16. The van der Waals surface area contributed by atoms with Crippen molar-refractivity contribution in [3.63, 3.8) is 0 Å². The van der Waals surface area contributed by atoms with Crippen LogP contribution in [0.25, 0.3) is 0 Å². The highest BCUT2D eigenvalue weighted by Gasteiger charge is 2.52. The molecule has 1 saturated carbocycles. The molecular weight excluding hydrogens is 697 g/mol. The predicted octanol–water partition coefficient (Wildman–Crippen LogP) is 10.3. The number of hydrogen-bond acceptors (Lipinski definition) is 6. The van der Waals surface area contributed by atoms with E-state index >= 15 is 0 Å². The van der Waals surface area contributed by atoms with Crippen molar-refractivity contribution < 1.29 is 28.4 Å². The molecule has 6 nitrogen and oxygen atoms in total. The molecular formula is C50H56O6. The Morgan fingerprint density at radius 2 is 1.02 bits per heavy atom. The number of hydrogen-bond donors (Lipinski definition) is 0. The van der Waals surface area contributed by atoms with Crippen LogP contribution < -0.4 is 0 Å². The Morgan fingerprint density at radius 3 is 1.52 bits per heavy atom. The van der Waals surface area contributed by atoms with E-state index in [-0.39, 0.29) is 18.1 Å². The minimum atomic E-state index is -0.599. The molecule has 5 aromatic carbocycles. The standard InChI is InChI=1S/C50H56O6/c1-2-44-29-18-30-50(44)31-45(56-38-50)47(53-34-41-23-12-5-13-24-41)49(55-36-43-27-16-7-17-28-43)48(54-35-42-25-14-6-15-26-42)46(52-33-40-21-10-4-11-22-40)37-51-32-39-19-8-3-9-20-39/h2-17,19-28,44-49H,1,18,29-38H2/t44?,45?,46-,47+,48-,49-,50?/m1/s1. The van der Waals surface area contributed by atoms with Crippen LogP contribution in [0.1, 0.15) is 53.5 Å². The Bertz CT molecular complexity index is 1840. The lowest BCUT2D eigenvalue weighted by Gasteiger charge is -2.39. The van der Waals surface area contributed by atoms with E-state index in [2.05, 4.69) is 85.5 Å². The Labute approximate surface area is 333 Å². The minimum Gasteiger partial charge on any atom is -0.375 e. The van der Waals surface area contributed by atoms with Crippen molar-refractivity contribution in [2.75, 3.05) is 13.2 Å². The average Bonchev–Trinajstić information content (AvgIpc) is 3.88. The van der Waals surface area contributed by atoms with Gasteiger partial charge in [0, 0.05) is 5.41 Å². The van der Waals surface area contributed by atoms with Gasteiger partial charge < -0.3 is 28.4 Å². The van der Waals surface area contributed by atoms with Gasteiger partial charge in [-0.25, -0.2) is 0 Å². The molecule has 56 heavy (non-hydrogen) atoms. The van der Waals surface area contributed by atoms with Gasteiger partial charge >= 0.3 is 0 Å². The van der Waals surface area contributed by atoms with E-state index in [4.69, 9.17) is 28.4 Å². The fourth-order valence-electron chi connectivity index (χ4n) is 8.36. The summed E-state index contributed by atoms with van der Waals surface area (Å²) in [7, 11) is 0. The minimum absolute atomic E-state index is 0.0349. The van der Waals surface area contributed by atoms with Crippen LogP contribution in [0.2, 0.25) is 0 Å². The second kappa shape index (κ2) is 20.7.